The fourth-order valence-corrected chi connectivity index (χ4v) is 2.79. The molecule has 1 fully saturated rings. The molecule has 0 unspecified atom stereocenters. The Morgan fingerprint density at radius 1 is 1.30 bits per heavy atom. The summed E-state index contributed by atoms with van der Waals surface area (Å²) in [6.45, 7) is 4.76. The molecule has 1 amide bonds. The van der Waals surface area contributed by atoms with Crippen molar-refractivity contribution in [2.75, 3.05) is 17.2 Å². The number of nitrogens with zero attached hydrogens (tertiary/aromatic N) is 4. The van der Waals surface area contributed by atoms with Crippen LogP contribution in [0.3, 0.4) is 0 Å². The van der Waals surface area contributed by atoms with Gasteiger partial charge in [-0.3, -0.25) is 9.78 Å². The first-order chi connectivity index (χ1) is 13.1. The van der Waals surface area contributed by atoms with Gasteiger partial charge < -0.3 is 15.4 Å². The van der Waals surface area contributed by atoms with Crippen LogP contribution in [0.15, 0.2) is 36.9 Å². The van der Waals surface area contributed by atoms with E-state index in [9.17, 15) is 4.79 Å². The minimum absolute atomic E-state index is 0.0110. The third-order valence-electron chi connectivity index (χ3n) is 4.31. The van der Waals surface area contributed by atoms with Gasteiger partial charge in [0.15, 0.2) is 5.65 Å². The predicted molar refractivity (Wildman–Crippen MR) is 102 cm³/mol. The number of carbonyl (C=O) groups is 1. The number of pyridine rings is 1. The van der Waals surface area contributed by atoms with Crippen molar-refractivity contribution >= 4 is 23.1 Å². The Kier molecular flexibility index (Phi) is 4.62. The molecule has 140 valence electrons. The van der Waals surface area contributed by atoms with Gasteiger partial charge in [0, 0.05) is 25.0 Å². The maximum absolute atomic E-state index is 12.9. The van der Waals surface area contributed by atoms with Crippen LogP contribution in [0.5, 0.6) is 5.75 Å². The van der Waals surface area contributed by atoms with Crippen LogP contribution in [0.4, 0.5) is 11.5 Å². The van der Waals surface area contributed by atoms with Crippen molar-refractivity contribution in [1.29, 1.82) is 0 Å². The second-order valence-corrected chi connectivity index (χ2v) is 6.94. The molecule has 0 saturated heterocycles. The van der Waals surface area contributed by atoms with E-state index in [1.807, 2.05) is 13.8 Å². The smallest absolute Gasteiger partial charge is 0.259 e. The van der Waals surface area contributed by atoms with Crippen LogP contribution in [0, 0.1) is 5.92 Å². The highest BCUT2D eigenvalue weighted by Gasteiger charge is 2.22. The summed E-state index contributed by atoms with van der Waals surface area (Å²) in [6, 6.07) is 3.38. The zero-order valence-electron chi connectivity index (χ0n) is 15.3. The van der Waals surface area contributed by atoms with E-state index in [-0.39, 0.29) is 12.0 Å². The first-order valence-electron chi connectivity index (χ1n) is 9.10. The van der Waals surface area contributed by atoms with E-state index in [2.05, 4.69) is 25.7 Å². The number of hydrogen-bond acceptors (Lipinski definition) is 6. The van der Waals surface area contributed by atoms with Crippen molar-refractivity contribution in [2.45, 2.75) is 32.8 Å². The number of ether oxygens (including phenoxy) is 1. The van der Waals surface area contributed by atoms with Crippen LogP contribution in [0.25, 0.3) is 5.65 Å². The van der Waals surface area contributed by atoms with E-state index < -0.39 is 0 Å². The monoisotopic (exact) mass is 366 g/mol. The molecule has 3 heterocycles. The minimum Gasteiger partial charge on any atom is -0.489 e. The third-order valence-corrected chi connectivity index (χ3v) is 4.31. The highest BCUT2D eigenvalue weighted by Crippen LogP contribution is 2.29. The first-order valence-corrected chi connectivity index (χ1v) is 9.10. The van der Waals surface area contributed by atoms with Gasteiger partial charge in [0.2, 0.25) is 0 Å². The molecule has 0 spiro atoms. The van der Waals surface area contributed by atoms with Crippen LogP contribution in [0.1, 0.15) is 37.0 Å². The number of nitrogens with one attached hydrogen (secondary N) is 2. The van der Waals surface area contributed by atoms with E-state index in [0.717, 1.165) is 18.3 Å². The quantitative estimate of drug-likeness (QED) is 0.668. The predicted octanol–water partition coefficient (Wildman–Crippen LogP) is 2.99. The maximum atomic E-state index is 12.9. The average molecular weight is 366 g/mol. The maximum Gasteiger partial charge on any atom is 0.259 e. The van der Waals surface area contributed by atoms with Gasteiger partial charge in [-0.05, 0) is 38.7 Å². The lowest BCUT2D eigenvalue weighted by Gasteiger charge is -2.14. The molecule has 3 aromatic rings. The Labute approximate surface area is 157 Å². The van der Waals surface area contributed by atoms with Crippen molar-refractivity contribution in [3.05, 3.63) is 42.5 Å². The molecule has 3 aromatic heterocycles. The molecule has 8 nitrogen and oxygen atoms in total. The number of aromatic nitrogens is 4. The van der Waals surface area contributed by atoms with Crippen molar-refractivity contribution in [3.8, 4) is 5.75 Å². The van der Waals surface area contributed by atoms with Gasteiger partial charge in [-0.25, -0.2) is 4.98 Å². The molecule has 1 aliphatic rings. The first kappa shape index (κ1) is 17.3. The summed E-state index contributed by atoms with van der Waals surface area (Å²) in [5.41, 5.74) is 1.46. The van der Waals surface area contributed by atoms with Gasteiger partial charge in [-0.1, -0.05) is 0 Å². The van der Waals surface area contributed by atoms with Crippen LogP contribution >= 0.6 is 0 Å². The fourth-order valence-electron chi connectivity index (χ4n) is 2.79. The Morgan fingerprint density at radius 3 is 2.93 bits per heavy atom. The molecule has 0 atom stereocenters. The third kappa shape index (κ3) is 3.84. The highest BCUT2D eigenvalue weighted by atomic mass is 16.5. The standard InChI is InChI=1S/C19H22N6O2/c1-12(2)27-16-6-7-20-10-15(16)24-19(26)14-5-8-23-25-17(11-22-18(14)25)21-9-13-3-4-13/h5-8,10-13,21H,3-4,9H2,1-2H3,(H,24,26). The van der Waals surface area contributed by atoms with Crippen LogP contribution < -0.4 is 15.4 Å². The van der Waals surface area contributed by atoms with Crippen LogP contribution in [-0.4, -0.2) is 38.1 Å². The Morgan fingerprint density at radius 2 is 2.15 bits per heavy atom. The Balaban J connectivity index is 1.58. The molecule has 2 N–H and O–H groups in total. The van der Waals surface area contributed by atoms with Gasteiger partial charge in [-0.15, -0.1) is 0 Å². The molecule has 4 rings (SSSR count). The molecule has 1 aliphatic carbocycles. The van der Waals surface area contributed by atoms with Gasteiger partial charge in [-0.2, -0.15) is 9.61 Å². The summed E-state index contributed by atoms with van der Waals surface area (Å²) in [5, 5.41) is 10.5. The van der Waals surface area contributed by atoms with Crippen LogP contribution in [0.2, 0.25) is 0 Å². The SMILES string of the molecule is CC(C)Oc1ccncc1NC(=O)c1ccnn2c(NCC3CC3)cnc12. The number of rotatable bonds is 7. The molecule has 0 bridgehead atoms. The molecular weight excluding hydrogens is 344 g/mol. The highest BCUT2D eigenvalue weighted by molar-refractivity contribution is 6.08. The van der Waals surface area contributed by atoms with Gasteiger partial charge in [0.25, 0.3) is 5.91 Å². The molecule has 0 aliphatic heterocycles. The van der Waals surface area contributed by atoms with Gasteiger partial charge in [0.1, 0.15) is 17.3 Å². The molecule has 1 saturated carbocycles. The summed E-state index contributed by atoms with van der Waals surface area (Å²) < 4.78 is 7.39. The normalized spacial score (nSPS) is 13.7. The second kappa shape index (κ2) is 7.22. The van der Waals surface area contributed by atoms with Crippen molar-refractivity contribution in [2.24, 2.45) is 5.92 Å². The lowest BCUT2D eigenvalue weighted by atomic mass is 10.2. The van der Waals surface area contributed by atoms with Gasteiger partial charge >= 0.3 is 0 Å². The van der Waals surface area contributed by atoms with Crippen molar-refractivity contribution in [1.82, 2.24) is 19.6 Å². The van der Waals surface area contributed by atoms with E-state index >= 15 is 0 Å². The number of hydrogen-bond donors (Lipinski definition) is 2. The Hall–Kier alpha value is -3.16. The molecule has 0 aromatic carbocycles. The number of carbonyl (C=O) groups excluding carboxylic acids is 1. The van der Waals surface area contributed by atoms with E-state index in [0.29, 0.717) is 22.6 Å². The summed E-state index contributed by atoms with van der Waals surface area (Å²) in [5.74, 6) is 1.81. The second-order valence-electron chi connectivity index (χ2n) is 6.94. The van der Waals surface area contributed by atoms with E-state index in [1.165, 1.54) is 12.8 Å². The Bertz CT molecular complexity index is 964. The average Bonchev–Trinajstić information content (AvgIpc) is 3.39. The number of amides is 1. The summed E-state index contributed by atoms with van der Waals surface area (Å²) in [6.07, 6.45) is 9.02. The van der Waals surface area contributed by atoms with E-state index in [1.54, 1.807) is 41.4 Å². The topological polar surface area (TPSA) is 93.4 Å². The number of fused-ring (bicyclic) bond motifs is 1. The molecule has 27 heavy (non-hydrogen) atoms. The largest absolute Gasteiger partial charge is 0.489 e. The minimum atomic E-state index is -0.289. The van der Waals surface area contributed by atoms with Crippen molar-refractivity contribution < 1.29 is 9.53 Å². The summed E-state index contributed by atoms with van der Waals surface area (Å²) >= 11 is 0. The lowest BCUT2D eigenvalue weighted by Crippen LogP contribution is -2.16. The van der Waals surface area contributed by atoms with Crippen molar-refractivity contribution in [3.63, 3.8) is 0 Å². The van der Waals surface area contributed by atoms with E-state index in [4.69, 9.17) is 4.74 Å². The molecule has 8 heteroatoms. The van der Waals surface area contributed by atoms with Gasteiger partial charge in [0.05, 0.1) is 24.1 Å². The zero-order chi connectivity index (χ0) is 18.8. The number of imidazole rings is 1. The lowest BCUT2D eigenvalue weighted by molar-refractivity contribution is 0.102. The summed E-state index contributed by atoms with van der Waals surface area (Å²) in [7, 11) is 0. The fraction of sp³-hybridized carbons (Fsp3) is 0.368. The summed E-state index contributed by atoms with van der Waals surface area (Å²) in [4.78, 5) is 21.3. The molecular formula is C19H22N6O2. The number of anilines is 2. The zero-order valence-corrected chi connectivity index (χ0v) is 15.3. The molecule has 0 radical (unpaired) electrons. The van der Waals surface area contributed by atoms with Crippen LogP contribution in [-0.2, 0) is 0 Å².